The Morgan fingerprint density at radius 2 is 1.65 bits per heavy atom. The van der Waals surface area contributed by atoms with Crippen LogP contribution in [0.25, 0.3) is 0 Å². The number of nitrogens with zero attached hydrogens (tertiary/aromatic N) is 2. The van der Waals surface area contributed by atoms with E-state index in [1.54, 1.807) is 24.3 Å². The highest BCUT2D eigenvalue weighted by Crippen LogP contribution is 2.11. The van der Waals surface area contributed by atoms with Gasteiger partial charge >= 0.3 is 0 Å². The number of anilines is 1. The van der Waals surface area contributed by atoms with E-state index in [1.165, 1.54) is 24.3 Å². The number of hydrogen-bond donors (Lipinski definition) is 1. The summed E-state index contributed by atoms with van der Waals surface area (Å²) in [5.74, 6) is -0.336. The van der Waals surface area contributed by atoms with Crippen LogP contribution in [0.3, 0.4) is 0 Å². The Morgan fingerprint density at radius 3 is 2.29 bits per heavy atom. The second kappa shape index (κ2) is 5.07. The maximum atomic E-state index is 12.6. The molecule has 4 nitrogen and oxygen atoms in total. The van der Waals surface area contributed by atoms with Crippen molar-refractivity contribution < 1.29 is 9.25 Å². The molecule has 1 N–H and O–H groups in total. The molecular weight excluding hydrogens is 221 g/mol. The summed E-state index contributed by atoms with van der Waals surface area (Å²) < 4.78 is 12.6. The number of benzene rings is 2. The zero-order chi connectivity index (χ0) is 12.1. The van der Waals surface area contributed by atoms with E-state index in [2.05, 4.69) is 10.6 Å². The molecule has 0 aliphatic rings. The molecule has 86 valence electrons. The van der Waals surface area contributed by atoms with Crippen LogP contribution in [0, 0.1) is 11.0 Å². The van der Waals surface area contributed by atoms with Crippen molar-refractivity contribution in [3.8, 4) is 0 Å². The van der Waals surface area contributed by atoms with Crippen LogP contribution in [0.2, 0.25) is 0 Å². The second-order valence-electron chi connectivity index (χ2n) is 3.33. The molecule has 0 radical (unpaired) electrons. The lowest BCUT2D eigenvalue weighted by atomic mass is 10.3. The number of halogens is 1. The van der Waals surface area contributed by atoms with Crippen LogP contribution in [-0.4, -0.2) is 4.86 Å². The molecule has 2 aromatic carbocycles. The van der Waals surface area contributed by atoms with Gasteiger partial charge in [-0.25, -0.2) is 4.39 Å². The molecule has 0 saturated carbocycles. The van der Waals surface area contributed by atoms with Crippen molar-refractivity contribution in [3.63, 3.8) is 0 Å². The van der Waals surface area contributed by atoms with E-state index in [9.17, 15) is 9.60 Å². The molecule has 0 fully saturated rings. The summed E-state index contributed by atoms with van der Waals surface area (Å²) in [6.45, 7) is 0. The van der Waals surface area contributed by atoms with Crippen molar-refractivity contribution >= 4 is 11.4 Å². The Kier molecular flexibility index (Phi) is 3.30. The van der Waals surface area contributed by atoms with Crippen molar-refractivity contribution in [1.82, 2.24) is 0 Å². The number of nitrogens with one attached hydrogen (secondary N) is 1. The number of hydrogen-bond acceptors (Lipinski definition) is 2. The third-order valence-electron chi connectivity index (χ3n) is 2.09. The van der Waals surface area contributed by atoms with Gasteiger partial charge in [0, 0.05) is 0 Å². The van der Waals surface area contributed by atoms with Gasteiger partial charge < -0.3 is 5.21 Å². The molecule has 0 aromatic heterocycles. The summed E-state index contributed by atoms with van der Waals surface area (Å²) in [5, 5.41) is 15.1. The molecule has 0 heterocycles. The minimum absolute atomic E-state index is 0.336. The predicted octanol–water partition coefficient (Wildman–Crippen LogP) is 3.45. The van der Waals surface area contributed by atoms with Gasteiger partial charge in [-0.1, -0.05) is 18.2 Å². The topological polar surface area (TPSA) is 50.5 Å². The Balaban J connectivity index is 2.08. The standard InChI is InChI=1S/C12H10FN3O/c13-10-6-8-11(9-7-10)14-15-16(17)12-4-2-1-3-5-12/h1-9,14H. The highest BCUT2D eigenvalue weighted by molar-refractivity contribution is 5.41. The van der Waals surface area contributed by atoms with E-state index in [4.69, 9.17) is 0 Å². The lowest BCUT2D eigenvalue weighted by Gasteiger charge is -2.04. The summed E-state index contributed by atoms with van der Waals surface area (Å²) in [6.07, 6.45) is 0. The lowest BCUT2D eigenvalue weighted by Crippen LogP contribution is -1.97. The lowest BCUT2D eigenvalue weighted by molar-refractivity contribution is -0.439. The summed E-state index contributed by atoms with van der Waals surface area (Å²) in [4.78, 5) is 0.462. The van der Waals surface area contributed by atoms with E-state index in [0.717, 1.165) is 0 Å². The quantitative estimate of drug-likeness (QED) is 0.499. The predicted molar refractivity (Wildman–Crippen MR) is 62.2 cm³/mol. The third kappa shape index (κ3) is 3.01. The molecule has 2 aromatic rings. The van der Waals surface area contributed by atoms with Crippen LogP contribution in [0.5, 0.6) is 0 Å². The molecule has 0 aliphatic carbocycles. The summed E-state index contributed by atoms with van der Waals surface area (Å²) in [5.41, 5.74) is 3.51. The molecule has 0 atom stereocenters. The molecule has 0 spiro atoms. The van der Waals surface area contributed by atoms with Crippen LogP contribution in [0.1, 0.15) is 0 Å². The third-order valence-corrected chi connectivity index (χ3v) is 2.09. The van der Waals surface area contributed by atoms with Crippen LogP contribution in [-0.2, 0) is 0 Å². The van der Waals surface area contributed by atoms with Gasteiger partial charge in [0.05, 0.1) is 5.22 Å². The van der Waals surface area contributed by atoms with Crippen molar-refractivity contribution in [2.75, 3.05) is 5.43 Å². The molecule has 2 rings (SSSR count). The van der Waals surface area contributed by atoms with Gasteiger partial charge in [-0.2, -0.15) is 0 Å². The van der Waals surface area contributed by atoms with Crippen LogP contribution in [0.15, 0.2) is 59.8 Å². The molecule has 0 unspecified atom stereocenters. The fourth-order valence-corrected chi connectivity index (χ4v) is 1.24. The molecule has 0 bridgehead atoms. The summed E-state index contributed by atoms with van der Waals surface area (Å²) in [7, 11) is 0. The number of rotatable bonds is 3. The Bertz CT molecular complexity index is 511. The molecule has 17 heavy (non-hydrogen) atoms. The van der Waals surface area contributed by atoms with Crippen molar-refractivity contribution in [1.29, 1.82) is 0 Å². The smallest absolute Gasteiger partial charge is 0.154 e. The van der Waals surface area contributed by atoms with Crippen LogP contribution in [0.4, 0.5) is 15.8 Å². The van der Waals surface area contributed by atoms with E-state index >= 15 is 0 Å². The van der Waals surface area contributed by atoms with E-state index < -0.39 is 0 Å². The van der Waals surface area contributed by atoms with E-state index in [1.807, 2.05) is 6.07 Å². The molecule has 0 aliphatic heterocycles. The van der Waals surface area contributed by atoms with E-state index in [0.29, 0.717) is 16.2 Å². The van der Waals surface area contributed by atoms with Crippen molar-refractivity contribution in [2.45, 2.75) is 0 Å². The van der Waals surface area contributed by atoms with Crippen molar-refractivity contribution in [3.05, 3.63) is 65.6 Å². The first-order chi connectivity index (χ1) is 8.25. The molecule has 0 saturated heterocycles. The minimum atomic E-state index is -0.336. The zero-order valence-corrected chi connectivity index (χ0v) is 8.88. The summed E-state index contributed by atoms with van der Waals surface area (Å²) in [6, 6.07) is 14.2. The largest absolute Gasteiger partial charge is 0.691 e. The SMILES string of the molecule is [O-][N+](=NNc1ccc(F)cc1)c1ccccc1. The average molecular weight is 231 g/mol. The Labute approximate surface area is 97.6 Å². The highest BCUT2D eigenvalue weighted by Gasteiger charge is 1.98. The molecule has 5 heteroatoms. The fraction of sp³-hybridized carbons (Fsp3) is 0. The molecule has 0 amide bonds. The maximum Gasteiger partial charge on any atom is 0.154 e. The Morgan fingerprint density at radius 1 is 1.00 bits per heavy atom. The van der Waals surface area contributed by atoms with Crippen molar-refractivity contribution in [2.24, 2.45) is 5.22 Å². The molecular formula is C12H10FN3O. The van der Waals surface area contributed by atoms with Gasteiger partial charge in [-0.05, 0) is 36.4 Å². The first-order valence-electron chi connectivity index (χ1n) is 5.00. The van der Waals surface area contributed by atoms with Gasteiger partial charge in [0.2, 0.25) is 0 Å². The van der Waals surface area contributed by atoms with Gasteiger partial charge in [-0.3, -0.25) is 0 Å². The van der Waals surface area contributed by atoms with Gasteiger partial charge in [0.15, 0.2) is 5.69 Å². The number of para-hydroxylation sites is 1. The first kappa shape index (κ1) is 11.1. The monoisotopic (exact) mass is 231 g/mol. The second-order valence-corrected chi connectivity index (χ2v) is 3.33. The fourth-order valence-electron chi connectivity index (χ4n) is 1.24. The first-order valence-corrected chi connectivity index (χ1v) is 5.00. The van der Waals surface area contributed by atoms with Crippen LogP contribution >= 0.6 is 0 Å². The van der Waals surface area contributed by atoms with Crippen LogP contribution < -0.4 is 5.43 Å². The average Bonchev–Trinajstić information content (AvgIpc) is 2.39. The normalized spacial score (nSPS) is 11.2. The minimum Gasteiger partial charge on any atom is -0.691 e. The highest BCUT2D eigenvalue weighted by atomic mass is 19.1. The zero-order valence-electron chi connectivity index (χ0n) is 8.88. The maximum absolute atomic E-state index is 12.6. The van der Waals surface area contributed by atoms with Gasteiger partial charge in [0.25, 0.3) is 0 Å². The Hall–Kier alpha value is -2.43. The van der Waals surface area contributed by atoms with Gasteiger partial charge in [0.1, 0.15) is 11.5 Å². The van der Waals surface area contributed by atoms with E-state index in [-0.39, 0.29) is 5.82 Å². The summed E-state index contributed by atoms with van der Waals surface area (Å²) >= 11 is 0. The van der Waals surface area contributed by atoms with Gasteiger partial charge in [-0.15, -0.1) is 10.3 Å².